The molecule has 4 heteroatoms. The van der Waals surface area contributed by atoms with Crippen LogP contribution in [0.3, 0.4) is 0 Å². The summed E-state index contributed by atoms with van der Waals surface area (Å²) in [5.74, 6) is -0.638. The van der Waals surface area contributed by atoms with E-state index in [1.165, 1.54) is 167 Å². The summed E-state index contributed by atoms with van der Waals surface area (Å²) in [5, 5.41) is 0. The van der Waals surface area contributed by atoms with Gasteiger partial charge >= 0.3 is 0 Å². The molecule has 0 aromatic carbocycles. The quantitative estimate of drug-likeness (QED) is 0.0436. The molecule has 1 unspecified atom stereocenters. The summed E-state index contributed by atoms with van der Waals surface area (Å²) in [6.07, 6.45) is 35.6. The van der Waals surface area contributed by atoms with E-state index in [-0.39, 0.29) is 5.92 Å². The lowest BCUT2D eigenvalue weighted by atomic mass is 9.92. The fourth-order valence-electron chi connectivity index (χ4n) is 6.56. The van der Waals surface area contributed by atoms with E-state index in [0.29, 0.717) is 0 Å². The third-order valence-electron chi connectivity index (χ3n) is 9.44. The van der Waals surface area contributed by atoms with Crippen molar-refractivity contribution < 1.29 is 18.7 Å². The summed E-state index contributed by atoms with van der Waals surface area (Å²) in [6, 6.07) is 0. The van der Waals surface area contributed by atoms with Crippen LogP contribution in [-0.2, 0) is 14.2 Å². The zero-order valence-electron chi connectivity index (χ0n) is 29.5. The van der Waals surface area contributed by atoms with Crippen LogP contribution in [0.1, 0.15) is 181 Å². The van der Waals surface area contributed by atoms with Crippen molar-refractivity contribution in [3.63, 3.8) is 0 Å². The first-order chi connectivity index (χ1) is 19.9. The van der Waals surface area contributed by atoms with Crippen molar-refractivity contribution in [3.8, 4) is 0 Å². The van der Waals surface area contributed by atoms with Crippen molar-refractivity contribution in [1.82, 2.24) is 0 Å². The van der Waals surface area contributed by atoms with Gasteiger partial charge in [0.2, 0.25) is 0 Å². The van der Waals surface area contributed by atoms with Gasteiger partial charge in [0.25, 0.3) is 5.97 Å². The van der Waals surface area contributed by atoms with Gasteiger partial charge in [-0.05, 0) is 32.1 Å². The van der Waals surface area contributed by atoms with Gasteiger partial charge in [0.15, 0.2) is 0 Å². The van der Waals surface area contributed by atoms with E-state index in [0.717, 1.165) is 17.3 Å². The first-order valence-corrected chi connectivity index (χ1v) is 18.4. The van der Waals surface area contributed by atoms with E-state index in [1.54, 1.807) is 21.3 Å². The Morgan fingerprint density at radius 1 is 0.415 bits per heavy atom. The Bertz CT molecular complexity index is 512. The van der Waals surface area contributed by atoms with Crippen LogP contribution in [0.5, 0.6) is 0 Å². The fourth-order valence-corrected chi connectivity index (χ4v) is 6.56. The zero-order valence-corrected chi connectivity index (χ0v) is 29.5. The van der Waals surface area contributed by atoms with Crippen LogP contribution in [0.15, 0.2) is 0 Å². The predicted molar refractivity (Wildman–Crippen MR) is 180 cm³/mol. The second-order valence-corrected chi connectivity index (χ2v) is 13.7. The molecule has 0 heterocycles. The van der Waals surface area contributed by atoms with Crippen molar-refractivity contribution in [2.75, 3.05) is 48.5 Å². The van der Waals surface area contributed by atoms with Crippen LogP contribution in [0.2, 0.25) is 0 Å². The Morgan fingerprint density at radius 2 is 0.707 bits per heavy atom. The van der Waals surface area contributed by atoms with Crippen LogP contribution < -0.4 is 0 Å². The minimum atomic E-state index is -0.909. The standard InChI is InChI=1S/C37H78NO3/c1-8-10-12-14-16-17-18-19-20-21-22-23-24-26-28-30-34-38(3,4)35-31-33-36(37(39-5,40-6)41-7)32-29-27-25-15-13-11-9-2/h36H,8-35H2,1-7H3/q+1. The number of quaternary nitrogens is 1. The zero-order chi connectivity index (χ0) is 30.5. The number of hydrogen-bond donors (Lipinski definition) is 0. The molecule has 0 spiro atoms. The molecular weight excluding hydrogens is 506 g/mol. The van der Waals surface area contributed by atoms with Crippen LogP contribution in [0.4, 0.5) is 0 Å². The lowest BCUT2D eigenvalue weighted by Gasteiger charge is -2.37. The highest BCUT2D eigenvalue weighted by Crippen LogP contribution is 2.32. The van der Waals surface area contributed by atoms with Gasteiger partial charge in [-0.3, -0.25) is 0 Å². The van der Waals surface area contributed by atoms with Gasteiger partial charge in [-0.2, -0.15) is 0 Å². The lowest BCUT2D eigenvalue weighted by molar-refractivity contribution is -0.890. The Morgan fingerprint density at radius 3 is 1.07 bits per heavy atom. The third-order valence-corrected chi connectivity index (χ3v) is 9.44. The molecule has 0 saturated carbocycles. The minimum Gasteiger partial charge on any atom is -0.331 e. The molecule has 0 rings (SSSR count). The number of unbranched alkanes of at least 4 members (excludes halogenated alkanes) is 21. The Balaban J connectivity index is 4.02. The molecule has 0 aliphatic rings. The summed E-state index contributed by atoms with van der Waals surface area (Å²) in [5.41, 5.74) is 0. The number of nitrogens with zero attached hydrogens (tertiary/aromatic N) is 1. The van der Waals surface area contributed by atoms with Gasteiger partial charge in [-0.15, -0.1) is 0 Å². The fraction of sp³-hybridized carbons (Fsp3) is 1.00. The van der Waals surface area contributed by atoms with Gasteiger partial charge in [0, 0.05) is 27.2 Å². The van der Waals surface area contributed by atoms with Crippen molar-refractivity contribution in [2.45, 2.75) is 187 Å². The normalized spacial score (nSPS) is 13.2. The maximum atomic E-state index is 5.81. The number of rotatable bonds is 33. The van der Waals surface area contributed by atoms with E-state index in [9.17, 15) is 0 Å². The monoisotopic (exact) mass is 585 g/mol. The Hall–Kier alpha value is -0.160. The second-order valence-electron chi connectivity index (χ2n) is 13.7. The highest BCUT2D eigenvalue weighted by molar-refractivity contribution is 4.72. The average Bonchev–Trinajstić information content (AvgIpc) is 2.97. The van der Waals surface area contributed by atoms with E-state index in [4.69, 9.17) is 14.2 Å². The molecule has 0 fully saturated rings. The number of methoxy groups -OCH3 is 3. The lowest BCUT2D eigenvalue weighted by Crippen LogP contribution is -2.45. The molecule has 0 N–H and O–H groups in total. The molecule has 1 atom stereocenters. The van der Waals surface area contributed by atoms with Gasteiger partial charge in [0.1, 0.15) is 0 Å². The van der Waals surface area contributed by atoms with Crippen molar-refractivity contribution in [1.29, 1.82) is 0 Å². The number of hydrogen-bond acceptors (Lipinski definition) is 3. The molecule has 248 valence electrons. The highest BCUT2D eigenvalue weighted by Gasteiger charge is 2.39. The topological polar surface area (TPSA) is 27.7 Å². The second kappa shape index (κ2) is 28.6. The summed E-state index contributed by atoms with van der Waals surface area (Å²) in [4.78, 5) is 0. The molecule has 0 amide bonds. The first kappa shape index (κ1) is 40.8. The molecule has 0 aromatic heterocycles. The van der Waals surface area contributed by atoms with E-state index >= 15 is 0 Å². The molecule has 0 saturated heterocycles. The summed E-state index contributed by atoms with van der Waals surface area (Å²) in [6.45, 7) is 7.07. The first-order valence-electron chi connectivity index (χ1n) is 18.4. The summed E-state index contributed by atoms with van der Waals surface area (Å²) in [7, 11) is 9.99. The maximum Gasteiger partial charge on any atom is 0.285 e. The Kier molecular flexibility index (Phi) is 28.5. The third kappa shape index (κ3) is 23.0. The van der Waals surface area contributed by atoms with Gasteiger partial charge in [0.05, 0.1) is 27.2 Å². The molecule has 41 heavy (non-hydrogen) atoms. The van der Waals surface area contributed by atoms with Crippen LogP contribution >= 0.6 is 0 Å². The van der Waals surface area contributed by atoms with E-state index in [2.05, 4.69) is 27.9 Å². The Labute approximate surface area is 259 Å². The van der Waals surface area contributed by atoms with Gasteiger partial charge in [-0.25, -0.2) is 0 Å². The highest BCUT2D eigenvalue weighted by atomic mass is 16.9. The molecule has 0 bridgehead atoms. The number of ether oxygens (including phenoxy) is 3. The average molecular weight is 585 g/mol. The summed E-state index contributed by atoms with van der Waals surface area (Å²) < 4.78 is 18.5. The largest absolute Gasteiger partial charge is 0.331 e. The minimum absolute atomic E-state index is 0.272. The molecule has 4 nitrogen and oxygen atoms in total. The predicted octanol–water partition coefficient (Wildman–Crippen LogP) is 11.5. The van der Waals surface area contributed by atoms with Crippen LogP contribution in [0, 0.1) is 5.92 Å². The van der Waals surface area contributed by atoms with Crippen molar-refractivity contribution in [2.24, 2.45) is 5.92 Å². The molecule has 0 radical (unpaired) electrons. The molecular formula is C37H78NO3+. The van der Waals surface area contributed by atoms with Crippen LogP contribution in [-0.4, -0.2) is 59.0 Å². The molecule has 0 aliphatic carbocycles. The van der Waals surface area contributed by atoms with Crippen molar-refractivity contribution in [3.05, 3.63) is 0 Å². The van der Waals surface area contributed by atoms with Gasteiger partial charge < -0.3 is 18.7 Å². The smallest absolute Gasteiger partial charge is 0.285 e. The maximum absolute atomic E-state index is 5.81. The van der Waals surface area contributed by atoms with Gasteiger partial charge in [-0.1, -0.05) is 149 Å². The van der Waals surface area contributed by atoms with Crippen molar-refractivity contribution >= 4 is 0 Å². The molecule has 0 aliphatic heterocycles. The van der Waals surface area contributed by atoms with E-state index in [1.807, 2.05) is 0 Å². The van der Waals surface area contributed by atoms with Crippen LogP contribution in [0.25, 0.3) is 0 Å². The molecule has 0 aromatic rings. The SMILES string of the molecule is CCCCCCCCCCCCCCCCCC[N+](C)(C)CCCC(CCCCCCCCC)C(OC)(OC)OC. The summed E-state index contributed by atoms with van der Waals surface area (Å²) >= 11 is 0. The van der Waals surface area contributed by atoms with E-state index < -0.39 is 5.97 Å².